The van der Waals surface area contributed by atoms with Crippen molar-refractivity contribution in [1.82, 2.24) is 0 Å². The monoisotopic (exact) mass is 112 g/mol. The van der Waals surface area contributed by atoms with Crippen LogP contribution in [-0.4, -0.2) is 24.6 Å². The van der Waals surface area contributed by atoms with Crippen LogP contribution in [0.1, 0.15) is 12.8 Å². The van der Waals surface area contributed by atoms with Crippen molar-refractivity contribution in [2.24, 2.45) is 0 Å². The fraction of sp³-hybridized carbons (Fsp3) is 0.714. The van der Waals surface area contributed by atoms with Gasteiger partial charge in [-0.05, 0) is 6.58 Å². The zero-order chi connectivity index (χ0) is 6.04. The van der Waals surface area contributed by atoms with Crippen LogP contribution in [0.4, 0.5) is 0 Å². The third-order valence-corrected chi connectivity index (χ3v) is 2.03. The molecule has 1 nitrogen and oxygen atoms in total. The average Bonchev–Trinajstić information content (AvgIpc) is 2.17. The van der Waals surface area contributed by atoms with E-state index in [-0.39, 0.29) is 0 Å². The lowest BCUT2D eigenvalue weighted by Crippen LogP contribution is -2.33. The van der Waals surface area contributed by atoms with Crippen molar-refractivity contribution >= 4 is 0 Å². The second-order valence-electron chi connectivity index (χ2n) is 2.82. The van der Waals surface area contributed by atoms with Gasteiger partial charge in [0.15, 0.2) is 0 Å². The normalized spacial score (nSPS) is 25.6. The molecule has 0 atom stereocenters. The zero-order valence-corrected chi connectivity index (χ0v) is 5.56. The molecule has 46 valence electrons. The standard InChI is InChI=1S/C7H14N/c1-3-8(2)6-4-5-7-8/h3H,1,4-7H2,2H3/q+1. The van der Waals surface area contributed by atoms with E-state index in [0.717, 1.165) is 4.48 Å². The molecule has 0 amide bonds. The molecule has 0 aromatic carbocycles. The van der Waals surface area contributed by atoms with Crippen LogP contribution in [0, 0.1) is 0 Å². The quantitative estimate of drug-likeness (QED) is 0.449. The second-order valence-corrected chi connectivity index (χ2v) is 2.82. The van der Waals surface area contributed by atoms with Crippen molar-refractivity contribution in [2.45, 2.75) is 12.8 Å². The summed E-state index contributed by atoms with van der Waals surface area (Å²) in [5.41, 5.74) is 0. The van der Waals surface area contributed by atoms with Gasteiger partial charge in [0.05, 0.1) is 26.3 Å². The second kappa shape index (κ2) is 1.90. The summed E-state index contributed by atoms with van der Waals surface area (Å²) in [5.74, 6) is 0. The minimum Gasteiger partial charge on any atom is -0.300 e. The fourth-order valence-corrected chi connectivity index (χ4v) is 1.24. The van der Waals surface area contributed by atoms with E-state index in [4.69, 9.17) is 0 Å². The van der Waals surface area contributed by atoms with Gasteiger partial charge in [-0.3, -0.25) is 0 Å². The molecule has 0 bridgehead atoms. The third-order valence-electron chi connectivity index (χ3n) is 2.03. The van der Waals surface area contributed by atoms with Crippen molar-refractivity contribution in [3.63, 3.8) is 0 Å². The summed E-state index contributed by atoms with van der Waals surface area (Å²) in [5, 5.41) is 0. The molecule has 0 saturated carbocycles. The number of likely N-dealkylation sites (tertiary alicyclic amines) is 1. The van der Waals surface area contributed by atoms with E-state index in [9.17, 15) is 0 Å². The number of nitrogens with zero attached hydrogens (tertiary/aromatic N) is 1. The molecule has 0 unspecified atom stereocenters. The maximum absolute atomic E-state index is 3.79. The van der Waals surface area contributed by atoms with Gasteiger partial charge in [0.25, 0.3) is 0 Å². The summed E-state index contributed by atoms with van der Waals surface area (Å²) in [6.45, 7) is 6.38. The average molecular weight is 112 g/mol. The molecule has 1 heteroatoms. The van der Waals surface area contributed by atoms with Crippen molar-refractivity contribution in [2.75, 3.05) is 20.1 Å². The van der Waals surface area contributed by atoms with Crippen LogP contribution < -0.4 is 0 Å². The summed E-state index contributed by atoms with van der Waals surface area (Å²) < 4.78 is 1.08. The minimum absolute atomic E-state index is 1.08. The van der Waals surface area contributed by atoms with Gasteiger partial charge in [0.2, 0.25) is 0 Å². The maximum atomic E-state index is 3.79. The van der Waals surface area contributed by atoms with Crippen molar-refractivity contribution < 1.29 is 4.48 Å². The topological polar surface area (TPSA) is 0 Å². The minimum atomic E-state index is 1.08. The molecule has 0 N–H and O–H groups in total. The van der Waals surface area contributed by atoms with E-state index >= 15 is 0 Å². The Balaban J connectivity index is 2.52. The number of hydrogen-bond acceptors (Lipinski definition) is 0. The first-order valence-corrected chi connectivity index (χ1v) is 3.25. The van der Waals surface area contributed by atoms with E-state index in [2.05, 4.69) is 13.6 Å². The Labute approximate surface area is 51.2 Å². The molecule has 0 aromatic rings. The van der Waals surface area contributed by atoms with Crippen LogP contribution in [0.15, 0.2) is 12.8 Å². The summed E-state index contributed by atoms with van der Waals surface area (Å²) in [4.78, 5) is 0. The predicted octanol–water partition coefficient (Wildman–Crippen LogP) is 1.37. The first kappa shape index (κ1) is 5.83. The Bertz CT molecular complexity index is 90.6. The summed E-state index contributed by atoms with van der Waals surface area (Å²) >= 11 is 0. The number of rotatable bonds is 1. The zero-order valence-electron chi connectivity index (χ0n) is 5.56. The van der Waals surface area contributed by atoms with Gasteiger partial charge in [0.1, 0.15) is 0 Å². The first-order chi connectivity index (χ1) is 3.77. The predicted molar refractivity (Wildman–Crippen MR) is 35.3 cm³/mol. The van der Waals surface area contributed by atoms with Crippen LogP contribution >= 0.6 is 0 Å². The summed E-state index contributed by atoms with van der Waals surface area (Å²) in [6.07, 6.45) is 4.80. The van der Waals surface area contributed by atoms with Gasteiger partial charge in [0, 0.05) is 12.8 Å². The maximum Gasteiger partial charge on any atom is 0.0883 e. The Kier molecular flexibility index (Phi) is 1.39. The highest BCUT2D eigenvalue weighted by atomic mass is 15.3. The van der Waals surface area contributed by atoms with Crippen LogP contribution in [0.25, 0.3) is 0 Å². The molecule has 1 rings (SSSR count). The molecular weight excluding hydrogens is 98.1 g/mol. The number of quaternary nitrogens is 1. The lowest BCUT2D eigenvalue weighted by atomic mass is 10.4. The van der Waals surface area contributed by atoms with E-state index in [0.29, 0.717) is 0 Å². The van der Waals surface area contributed by atoms with Crippen molar-refractivity contribution in [3.8, 4) is 0 Å². The fourth-order valence-electron chi connectivity index (χ4n) is 1.24. The first-order valence-electron chi connectivity index (χ1n) is 3.25. The van der Waals surface area contributed by atoms with Gasteiger partial charge in [-0.25, -0.2) is 0 Å². The van der Waals surface area contributed by atoms with Gasteiger partial charge >= 0.3 is 0 Å². The third kappa shape index (κ3) is 0.920. The number of hydrogen-bond donors (Lipinski definition) is 0. The van der Waals surface area contributed by atoms with Crippen molar-refractivity contribution in [1.29, 1.82) is 0 Å². The van der Waals surface area contributed by atoms with Crippen LogP contribution in [0.5, 0.6) is 0 Å². The van der Waals surface area contributed by atoms with Crippen molar-refractivity contribution in [3.05, 3.63) is 12.8 Å². The van der Waals surface area contributed by atoms with Gasteiger partial charge in [-0.2, -0.15) is 0 Å². The molecule has 1 fully saturated rings. The lowest BCUT2D eigenvalue weighted by Gasteiger charge is -2.22. The van der Waals surface area contributed by atoms with E-state index in [1.165, 1.54) is 25.9 Å². The van der Waals surface area contributed by atoms with E-state index in [1.807, 2.05) is 6.20 Å². The molecule has 0 aliphatic carbocycles. The largest absolute Gasteiger partial charge is 0.300 e. The molecule has 1 aliphatic heterocycles. The highest BCUT2D eigenvalue weighted by molar-refractivity contribution is 4.60. The lowest BCUT2D eigenvalue weighted by molar-refractivity contribution is -0.846. The summed E-state index contributed by atoms with van der Waals surface area (Å²) in [6, 6.07) is 0. The Hall–Kier alpha value is -0.300. The Morgan fingerprint density at radius 1 is 1.38 bits per heavy atom. The molecule has 0 radical (unpaired) electrons. The van der Waals surface area contributed by atoms with Crippen LogP contribution in [-0.2, 0) is 0 Å². The van der Waals surface area contributed by atoms with Gasteiger partial charge in [-0.1, -0.05) is 0 Å². The van der Waals surface area contributed by atoms with E-state index in [1.54, 1.807) is 0 Å². The molecule has 1 heterocycles. The van der Waals surface area contributed by atoms with Crippen LogP contribution in [0.2, 0.25) is 0 Å². The summed E-state index contributed by atoms with van der Waals surface area (Å²) in [7, 11) is 2.24. The smallest absolute Gasteiger partial charge is 0.0883 e. The highest BCUT2D eigenvalue weighted by Crippen LogP contribution is 2.15. The highest BCUT2D eigenvalue weighted by Gasteiger charge is 2.22. The van der Waals surface area contributed by atoms with Gasteiger partial charge < -0.3 is 4.48 Å². The molecule has 8 heavy (non-hydrogen) atoms. The Morgan fingerprint density at radius 2 is 1.88 bits per heavy atom. The molecule has 0 spiro atoms. The molecule has 1 saturated heterocycles. The van der Waals surface area contributed by atoms with Gasteiger partial charge in [-0.15, -0.1) is 0 Å². The molecule has 0 aromatic heterocycles. The SMILES string of the molecule is C=C[N+]1(C)CCCC1. The van der Waals surface area contributed by atoms with Crippen LogP contribution in [0.3, 0.4) is 0 Å². The molecule has 1 aliphatic rings. The Morgan fingerprint density at radius 3 is 2.12 bits per heavy atom. The van der Waals surface area contributed by atoms with E-state index < -0.39 is 0 Å². The molecular formula is C7H14N+.